The molecule has 0 radical (unpaired) electrons. The SMILES string of the molecule is CC(C)(C)CC(C)(C)c1ccc2c(c1)N=Nc1cc(C(C)(C)CC(C)(C)C)ccc1OCCOCCO2. The van der Waals surface area contributed by atoms with Crippen LogP contribution >= 0.6 is 0 Å². The summed E-state index contributed by atoms with van der Waals surface area (Å²) in [6.45, 7) is 24.7. The Labute approximate surface area is 225 Å². The fourth-order valence-corrected chi connectivity index (χ4v) is 5.76. The molecule has 0 fully saturated rings. The summed E-state index contributed by atoms with van der Waals surface area (Å²) < 4.78 is 17.9. The minimum Gasteiger partial charge on any atom is -0.489 e. The molecule has 0 saturated carbocycles. The monoisotopic (exact) mass is 508 g/mol. The molecule has 1 aliphatic heterocycles. The molecule has 0 unspecified atom stereocenters. The summed E-state index contributed by atoms with van der Waals surface area (Å²) in [6, 6.07) is 12.6. The highest BCUT2D eigenvalue weighted by atomic mass is 16.5. The van der Waals surface area contributed by atoms with Gasteiger partial charge in [-0.05, 0) is 69.9 Å². The molecule has 0 spiro atoms. The highest BCUT2D eigenvalue weighted by Gasteiger charge is 2.29. The standard InChI is InChI=1S/C32H48N2O3/c1-29(2,3)21-31(7,8)23-11-13-27-25(19-23)33-34-26-20-24(32(9,10)22-30(4,5)6)12-14-28(26)37-18-16-35-15-17-36-27/h11-14,19-20H,15-18,21-22H2,1-10H3. The first-order valence-electron chi connectivity index (χ1n) is 13.6. The Balaban J connectivity index is 2.06. The van der Waals surface area contributed by atoms with Crippen LogP contribution in [0.15, 0.2) is 46.6 Å². The van der Waals surface area contributed by atoms with Gasteiger partial charge in [0.25, 0.3) is 0 Å². The lowest BCUT2D eigenvalue weighted by atomic mass is 9.72. The van der Waals surface area contributed by atoms with Crippen LogP contribution in [0.5, 0.6) is 11.5 Å². The van der Waals surface area contributed by atoms with Crippen LogP contribution < -0.4 is 9.47 Å². The molecule has 2 aromatic rings. The maximum atomic E-state index is 6.07. The molecular weight excluding hydrogens is 460 g/mol. The summed E-state index contributed by atoms with van der Waals surface area (Å²) in [5.74, 6) is 1.43. The van der Waals surface area contributed by atoms with Gasteiger partial charge in [-0.1, -0.05) is 81.4 Å². The number of azo groups is 1. The lowest BCUT2D eigenvalue weighted by Crippen LogP contribution is -2.24. The molecule has 0 saturated heterocycles. The Morgan fingerprint density at radius 3 is 1.30 bits per heavy atom. The van der Waals surface area contributed by atoms with E-state index in [-0.39, 0.29) is 21.7 Å². The first kappa shape index (κ1) is 29.2. The second-order valence-electron chi connectivity index (χ2n) is 14.1. The molecular formula is C32H48N2O3. The zero-order valence-corrected chi connectivity index (χ0v) is 24.8. The van der Waals surface area contributed by atoms with E-state index in [0.717, 1.165) is 24.2 Å². The topological polar surface area (TPSA) is 52.4 Å². The van der Waals surface area contributed by atoms with Gasteiger partial charge in [0.15, 0.2) is 0 Å². The number of ether oxygens (including phenoxy) is 3. The van der Waals surface area contributed by atoms with E-state index in [1.807, 2.05) is 12.1 Å². The van der Waals surface area contributed by atoms with Crippen LogP contribution in [0.2, 0.25) is 0 Å². The molecule has 5 heteroatoms. The molecule has 0 atom stereocenters. The Bertz CT molecular complexity index is 1000. The molecule has 1 heterocycles. The van der Waals surface area contributed by atoms with E-state index in [0.29, 0.717) is 37.9 Å². The Morgan fingerprint density at radius 2 is 0.946 bits per heavy atom. The van der Waals surface area contributed by atoms with Crippen LogP contribution in [0.25, 0.3) is 0 Å². The fraction of sp³-hybridized carbons (Fsp3) is 0.625. The molecule has 0 bridgehead atoms. The quantitative estimate of drug-likeness (QED) is 0.413. The lowest BCUT2D eigenvalue weighted by Gasteiger charge is -2.33. The summed E-state index contributed by atoms with van der Waals surface area (Å²) in [6.07, 6.45) is 2.10. The summed E-state index contributed by atoms with van der Waals surface area (Å²) in [4.78, 5) is 0. The molecule has 0 N–H and O–H groups in total. The smallest absolute Gasteiger partial charge is 0.146 e. The van der Waals surface area contributed by atoms with E-state index in [4.69, 9.17) is 24.4 Å². The predicted octanol–water partition coefficient (Wildman–Crippen LogP) is 9.32. The maximum Gasteiger partial charge on any atom is 0.146 e. The highest BCUT2D eigenvalue weighted by Crippen LogP contribution is 2.42. The molecule has 0 amide bonds. The number of benzene rings is 2. The normalized spacial score (nSPS) is 15.8. The van der Waals surface area contributed by atoms with Crippen LogP contribution in [0, 0.1) is 10.8 Å². The lowest BCUT2D eigenvalue weighted by molar-refractivity contribution is 0.0768. The molecule has 3 rings (SSSR count). The Hall–Kier alpha value is -2.40. The van der Waals surface area contributed by atoms with Crippen LogP contribution in [0.4, 0.5) is 11.4 Å². The van der Waals surface area contributed by atoms with Gasteiger partial charge in [-0.2, -0.15) is 0 Å². The number of hydrogen-bond acceptors (Lipinski definition) is 5. The predicted molar refractivity (Wildman–Crippen MR) is 153 cm³/mol. The molecule has 1 aliphatic rings. The molecule has 0 aromatic heterocycles. The van der Waals surface area contributed by atoms with Crippen molar-refractivity contribution in [3.05, 3.63) is 47.5 Å². The van der Waals surface area contributed by atoms with Gasteiger partial charge in [-0.3, -0.25) is 0 Å². The third kappa shape index (κ3) is 8.56. The van der Waals surface area contributed by atoms with Crippen molar-refractivity contribution in [2.45, 2.75) is 92.9 Å². The Morgan fingerprint density at radius 1 is 0.568 bits per heavy atom. The molecule has 0 aliphatic carbocycles. The zero-order valence-electron chi connectivity index (χ0n) is 24.8. The largest absolute Gasteiger partial charge is 0.489 e. The fourth-order valence-electron chi connectivity index (χ4n) is 5.76. The number of nitrogens with zero attached hydrogens (tertiary/aromatic N) is 2. The van der Waals surface area contributed by atoms with Crippen molar-refractivity contribution in [2.75, 3.05) is 26.4 Å². The first-order valence-corrected chi connectivity index (χ1v) is 13.6. The van der Waals surface area contributed by atoms with E-state index in [1.165, 1.54) is 11.1 Å². The first-order chi connectivity index (χ1) is 17.1. The second kappa shape index (κ2) is 11.1. The molecule has 37 heavy (non-hydrogen) atoms. The average Bonchev–Trinajstić information content (AvgIpc) is 2.75. The van der Waals surface area contributed by atoms with E-state index in [2.05, 4.69) is 93.5 Å². The van der Waals surface area contributed by atoms with Crippen LogP contribution in [0.3, 0.4) is 0 Å². The number of fused-ring (bicyclic) bond motifs is 2. The summed E-state index contributed by atoms with van der Waals surface area (Å²) in [5, 5.41) is 9.48. The Kier molecular flexibility index (Phi) is 8.78. The van der Waals surface area contributed by atoms with Gasteiger partial charge in [0, 0.05) is 0 Å². The minimum absolute atomic E-state index is 0.0156. The van der Waals surface area contributed by atoms with Crippen molar-refractivity contribution in [3.63, 3.8) is 0 Å². The maximum absolute atomic E-state index is 6.07. The van der Waals surface area contributed by atoms with Crippen LogP contribution in [0.1, 0.15) is 93.2 Å². The van der Waals surface area contributed by atoms with Gasteiger partial charge >= 0.3 is 0 Å². The van der Waals surface area contributed by atoms with E-state index < -0.39 is 0 Å². The van der Waals surface area contributed by atoms with E-state index >= 15 is 0 Å². The van der Waals surface area contributed by atoms with Crippen LogP contribution in [-0.2, 0) is 15.6 Å². The van der Waals surface area contributed by atoms with Gasteiger partial charge in [0.1, 0.15) is 36.1 Å². The molecule has 2 aromatic carbocycles. The van der Waals surface area contributed by atoms with Crippen molar-refractivity contribution in [1.29, 1.82) is 0 Å². The van der Waals surface area contributed by atoms with Crippen molar-refractivity contribution in [2.24, 2.45) is 21.1 Å². The van der Waals surface area contributed by atoms with Crippen LogP contribution in [-0.4, -0.2) is 26.4 Å². The van der Waals surface area contributed by atoms with Gasteiger partial charge < -0.3 is 14.2 Å². The van der Waals surface area contributed by atoms with E-state index in [9.17, 15) is 0 Å². The highest BCUT2D eigenvalue weighted by molar-refractivity contribution is 5.58. The summed E-state index contributed by atoms with van der Waals surface area (Å²) >= 11 is 0. The summed E-state index contributed by atoms with van der Waals surface area (Å²) in [7, 11) is 0. The zero-order chi connectivity index (χ0) is 27.5. The number of rotatable bonds is 4. The van der Waals surface area contributed by atoms with Gasteiger partial charge in [-0.15, -0.1) is 10.2 Å². The third-order valence-corrected chi connectivity index (χ3v) is 6.66. The van der Waals surface area contributed by atoms with Gasteiger partial charge in [-0.25, -0.2) is 0 Å². The van der Waals surface area contributed by atoms with Crippen molar-refractivity contribution >= 4 is 11.4 Å². The summed E-state index contributed by atoms with van der Waals surface area (Å²) in [5.41, 5.74) is 4.28. The van der Waals surface area contributed by atoms with Gasteiger partial charge in [0.05, 0.1) is 13.2 Å². The molecule has 204 valence electrons. The average molecular weight is 509 g/mol. The van der Waals surface area contributed by atoms with E-state index in [1.54, 1.807) is 0 Å². The number of hydrogen-bond donors (Lipinski definition) is 0. The third-order valence-electron chi connectivity index (χ3n) is 6.66. The van der Waals surface area contributed by atoms with Gasteiger partial charge in [0.2, 0.25) is 0 Å². The minimum atomic E-state index is -0.0156. The van der Waals surface area contributed by atoms with Crippen molar-refractivity contribution in [3.8, 4) is 11.5 Å². The second-order valence-corrected chi connectivity index (χ2v) is 14.1. The van der Waals surface area contributed by atoms with Crippen molar-refractivity contribution < 1.29 is 14.2 Å². The molecule has 5 nitrogen and oxygen atoms in total. The van der Waals surface area contributed by atoms with Crippen molar-refractivity contribution in [1.82, 2.24) is 0 Å².